The Bertz CT molecular complexity index is 556. The standard InChI is InChI=1S/C11H14N2O3S/c12-17(14,15)8-1-2-10-9(5-8)11-7(6-13-10)3-4-16-11/h1-2,5,7,11,13H,3-4,6H2,(H2,12,14,15). The van der Waals surface area contributed by atoms with E-state index >= 15 is 0 Å². The van der Waals surface area contributed by atoms with Gasteiger partial charge in [0.15, 0.2) is 0 Å². The van der Waals surface area contributed by atoms with Crippen LogP contribution in [0.5, 0.6) is 0 Å². The summed E-state index contributed by atoms with van der Waals surface area (Å²) in [7, 11) is -3.65. The van der Waals surface area contributed by atoms with E-state index in [-0.39, 0.29) is 11.0 Å². The van der Waals surface area contributed by atoms with Gasteiger partial charge in [0.1, 0.15) is 0 Å². The Morgan fingerprint density at radius 1 is 1.41 bits per heavy atom. The predicted molar refractivity (Wildman–Crippen MR) is 63.1 cm³/mol. The fraction of sp³-hybridized carbons (Fsp3) is 0.455. The van der Waals surface area contributed by atoms with Crippen LogP contribution in [0.4, 0.5) is 5.69 Å². The van der Waals surface area contributed by atoms with Crippen LogP contribution in [0.15, 0.2) is 23.1 Å². The molecular formula is C11H14N2O3S. The van der Waals surface area contributed by atoms with Crippen molar-refractivity contribution in [1.82, 2.24) is 0 Å². The highest BCUT2D eigenvalue weighted by molar-refractivity contribution is 7.89. The zero-order valence-electron chi connectivity index (χ0n) is 9.22. The van der Waals surface area contributed by atoms with Crippen molar-refractivity contribution in [2.24, 2.45) is 11.1 Å². The van der Waals surface area contributed by atoms with Gasteiger partial charge < -0.3 is 10.1 Å². The van der Waals surface area contributed by atoms with Gasteiger partial charge in [0, 0.05) is 30.3 Å². The Morgan fingerprint density at radius 3 is 3.00 bits per heavy atom. The van der Waals surface area contributed by atoms with E-state index in [0.717, 1.165) is 30.8 Å². The zero-order valence-corrected chi connectivity index (χ0v) is 10.0. The molecule has 17 heavy (non-hydrogen) atoms. The molecular weight excluding hydrogens is 240 g/mol. The summed E-state index contributed by atoms with van der Waals surface area (Å²) in [6.07, 6.45) is 1.02. The van der Waals surface area contributed by atoms with Crippen molar-refractivity contribution in [2.45, 2.75) is 17.4 Å². The average Bonchev–Trinajstić information content (AvgIpc) is 2.75. The van der Waals surface area contributed by atoms with Crippen molar-refractivity contribution < 1.29 is 13.2 Å². The molecule has 0 spiro atoms. The third-order valence-electron chi connectivity index (χ3n) is 3.43. The quantitative estimate of drug-likeness (QED) is 0.778. The van der Waals surface area contributed by atoms with Crippen LogP contribution in [0.2, 0.25) is 0 Å². The van der Waals surface area contributed by atoms with Gasteiger partial charge in [0.25, 0.3) is 0 Å². The maximum atomic E-state index is 11.3. The molecule has 0 radical (unpaired) electrons. The van der Waals surface area contributed by atoms with Crippen LogP contribution in [0.1, 0.15) is 18.1 Å². The summed E-state index contributed by atoms with van der Waals surface area (Å²) in [6, 6.07) is 4.91. The van der Waals surface area contributed by atoms with Gasteiger partial charge in [-0.25, -0.2) is 13.6 Å². The van der Waals surface area contributed by atoms with Gasteiger partial charge in [-0.2, -0.15) is 0 Å². The first-order chi connectivity index (χ1) is 8.05. The fourth-order valence-corrected chi connectivity index (χ4v) is 3.09. The summed E-state index contributed by atoms with van der Waals surface area (Å²) in [5.41, 5.74) is 1.85. The first-order valence-electron chi connectivity index (χ1n) is 5.58. The van der Waals surface area contributed by atoms with E-state index in [1.165, 1.54) is 6.07 Å². The number of anilines is 1. The van der Waals surface area contributed by atoms with Crippen LogP contribution >= 0.6 is 0 Å². The van der Waals surface area contributed by atoms with E-state index in [1.807, 2.05) is 0 Å². The molecule has 6 heteroatoms. The summed E-state index contributed by atoms with van der Waals surface area (Å²) < 4.78 is 28.3. The molecule has 0 bridgehead atoms. The van der Waals surface area contributed by atoms with Gasteiger partial charge in [-0.3, -0.25) is 0 Å². The molecule has 1 fully saturated rings. The lowest BCUT2D eigenvalue weighted by Gasteiger charge is -2.28. The number of rotatable bonds is 1. The summed E-state index contributed by atoms with van der Waals surface area (Å²) in [5, 5.41) is 8.44. The molecule has 92 valence electrons. The Kier molecular flexibility index (Phi) is 2.39. The van der Waals surface area contributed by atoms with E-state index in [2.05, 4.69) is 5.32 Å². The summed E-state index contributed by atoms with van der Waals surface area (Å²) in [4.78, 5) is 0.147. The number of nitrogens with two attached hydrogens (primary N) is 1. The predicted octanol–water partition coefficient (Wildman–Crippen LogP) is 0.837. The molecule has 2 atom stereocenters. The van der Waals surface area contributed by atoms with E-state index in [4.69, 9.17) is 9.88 Å². The monoisotopic (exact) mass is 254 g/mol. The van der Waals surface area contributed by atoms with E-state index in [1.54, 1.807) is 12.1 Å². The lowest BCUT2D eigenvalue weighted by molar-refractivity contribution is 0.0911. The number of hydrogen-bond acceptors (Lipinski definition) is 4. The second-order valence-corrected chi connectivity index (χ2v) is 6.08. The van der Waals surface area contributed by atoms with Gasteiger partial charge >= 0.3 is 0 Å². The number of primary sulfonamides is 1. The van der Waals surface area contributed by atoms with E-state index < -0.39 is 10.0 Å². The summed E-state index contributed by atoms with van der Waals surface area (Å²) >= 11 is 0. The molecule has 1 aromatic carbocycles. The highest BCUT2D eigenvalue weighted by Crippen LogP contribution is 2.42. The van der Waals surface area contributed by atoms with Gasteiger partial charge in [-0.15, -0.1) is 0 Å². The Balaban J connectivity index is 2.10. The highest BCUT2D eigenvalue weighted by Gasteiger charge is 2.35. The van der Waals surface area contributed by atoms with Gasteiger partial charge in [-0.1, -0.05) is 0 Å². The smallest absolute Gasteiger partial charge is 0.238 e. The summed E-state index contributed by atoms with van der Waals surface area (Å²) in [5.74, 6) is 0.429. The minimum Gasteiger partial charge on any atom is -0.384 e. The topological polar surface area (TPSA) is 81.4 Å². The number of ether oxygens (including phenoxy) is 1. The van der Waals surface area contributed by atoms with Crippen molar-refractivity contribution in [3.05, 3.63) is 23.8 Å². The number of benzene rings is 1. The van der Waals surface area contributed by atoms with Crippen LogP contribution < -0.4 is 10.5 Å². The molecule has 2 heterocycles. The van der Waals surface area contributed by atoms with Crippen LogP contribution in [-0.2, 0) is 14.8 Å². The van der Waals surface area contributed by atoms with Crippen molar-refractivity contribution in [1.29, 1.82) is 0 Å². The highest BCUT2D eigenvalue weighted by atomic mass is 32.2. The van der Waals surface area contributed by atoms with Crippen molar-refractivity contribution in [3.63, 3.8) is 0 Å². The molecule has 2 aliphatic heterocycles. The first kappa shape index (κ1) is 11.0. The third kappa shape index (κ3) is 1.82. The molecule has 0 aliphatic carbocycles. The minimum absolute atomic E-state index is 0.00736. The largest absolute Gasteiger partial charge is 0.384 e. The maximum Gasteiger partial charge on any atom is 0.238 e. The molecule has 1 saturated heterocycles. The number of sulfonamides is 1. The molecule has 0 saturated carbocycles. The molecule has 2 unspecified atom stereocenters. The lowest BCUT2D eigenvalue weighted by atomic mass is 9.91. The minimum atomic E-state index is -3.65. The molecule has 0 aromatic heterocycles. The molecule has 5 nitrogen and oxygen atoms in total. The fourth-order valence-electron chi connectivity index (χ4n) is 2.54. The van der Waals surface area contributed by atoms with E-state index in [0.29, 0.717) is 5.92 Å². The lowest BCUT2D eigenvalue weighted by Crippen LogP contribution is -2.25. The number of hydrogen-bond donors (Lipinski definition) is 2. The SMILES string of the molecule is NS(=O)(=O)c1ccc2c(c1)C1OCCC1CN2. The summed E-state index contributed by atoms with van der Waals surface area (Å²) in [6.45, 7) is 1.61. The molecule has 3 N–H and O–H groups in total. The van der Waals surface area contributed by atoms with Crippen LogP contribution in [0.3, 0.4) is 0 Å². The second-order valence-electron chi connectivity index (χ2n) is 4.52. The molecule has 3 rings (SSSR count). The van der Waals surface area contributed by atoms with Gasteiger partial charge in [0.2, 0.25) is 10.0 Å². The van der Waals surface area contributed by atoms with Crippen LogP contribution in [0.25, 0.3) is 0 Å². The molecule has 0 amide bonds. The second kappa shape index (κ2) is 3.69. The number of fused-ring (bicyclic) bond motifs is 3. The van der Waals surface area contributed by atoms with Crippen LogP contribution in [-0.4, -0.2) is 21.6 Å². The first-order valence-corrected chi connectivity index (χ1v) is 7.12. The Hall–Kier alpha value is -1.11. The van der Waals surface area contributed by atoms with Gasteiger partial charge in [0.05, 0.1) is 11.0 Å². The van der Waals surface area contributed by atoms with Gasteiger partial charge in [-0.05, 0) is 24.6 Å². The molecule has 2 aliphatic rings. The maximum absolute atomic E-state index is 11.3. The average molecular weight is 254 g/mol. The van der Waals surface area contributed by atoms with Crippen molar-refractivity contribution >= 4 is 15.7 Å². The van der Waals surface area contributed by atoms with E-state index in [9.17, 15) is 8.42 Å². The van der Waals surface area contributed by atoms with Crippen molar-refractivity contribution in [2.75, 3.05) is 18.5 Å². The Morgan fingerprint density at radius 2 is 2.24 bits per heavy atom. The van der Waals surface area contributed by atoms with Crippen LogP contribution in [0, 0.1) is 5.92 Å². The molecule has 1 aromatic rings. The third-order valence-corrected chi connectivity index (χ3v) is 4.34. The zero-order chi connectivity index (χ0) is 12.0. The normalized spacial score (nSPS) is 27.1. The Labute approximate surface area is 100 Å². The number of nitrogens with one attached hydrogen (secondary N) is 1. The van der Waals surface area contributed by atoms with Crippen molar-refractivity contribution in [3.8, 4) is 0 Å².